The Hall–Kier alpha value is -1.50. The summed E-state index contributed by atoms with van der Waals surface area (Å²) in [6.07, 6.45) is 7.09. The number of nitrogens with zero attached hydrogens (tertiary/aromatic N) is 1. The minimum absolute atomic E-state index is 0.0190. The van der Waals surface area contributed by atoms with Gasteiger partial charge in [0, 0.05) is 22.9 Å². The molecule has 0 radical (unpaired) electrons. The molecule has 1 aromatic rings. The monoisotopic (exact) mass is 410 g/mol. The van der Waals surface area contributed by atoms with E-state index in [2.05, 4.69) is 21.2 Å². The Bertz CT molecular complexity index is 740. The lowest BCUT2D eigenvalue weighted by molar-refractivity contribution is -0.384. The molecule has 4 aliphatic carbocycles. The Morgan fingerprint density at radius 2 is 2.00 bits per heavy atom. The van der Waals surface area contributed by atoms with E-state index in [9.17, 15) is 19.3 Å². The molecule has 4 bridgehead atoms. The molecule has 4 fully saturated rings. The molecule has 0 saturated heterocycles. The van der Waals surface area contributed by atoms with Crippen molar-refractivity contribution in [3.05, 3.63) is 34.1 Å². The van der Waals surface area contributed by atoms with E-state index in [1.54, 1.807) is 0 Å². The first-order chi connectivity index (χ1) is 11.8. The van der Waals surface area contributed by atoms with Gasteiger partial charge in [0.15, 0.2) is 0 Å². The lowest BCUT2D eigenvalue weighted by atomic mass is 9.48. The Morgan fingerprint density at radius 3 is 2.60 bits per heavy atom. The van der Waals surface area contributed by atoms with Gasteiger partial charge in [-0.05, 0) is 61.8 Å². The molecule has 0 heterocycles. The summed E-state index contributed by atoms with van der Waals surface area (Å²) in [5.74, 6) is 0.435. The normalized spacial score (nSPS) is 35.6. The van der Waals surface area contributed by atoms with E-state index in [1.807, 2.05) is 0 Å². The number of amides is 1. The quantitative estimate of drug-likeness (QED) is 0.440. The molecule has 4 saturated carbocycles. The molecule has 25 heavy (non-hydrogen) atoms. The number of carbonyl (C=O) groups is 1. The molecular formula is C18H20BrFN2O3. The van der Waals surface area contributed by atoms with Gasteiger partial charge in [-0.25, -0.2) is 4.39 Å². The van der Waals surface area contributed by atoms with Crippen LogP contribution in [0.4, 0.5) is 15.8 Å². The number of anilines is 1. The highest BCUT2D eigenvalue weighted by atomic mass is 79.9. The average Bonchev–Trinajstić information content (AvgIpc) is 2.45. The zero-order valence-corrected chi connectivity index (χ0v) is 15.4. The van der Waals surface area contributed by atoms with Gasteiger partial charge in [-0.2, -0.15) is 0 Å². The van der Waals surface area contributed by atoms with E-state index < -0.39 is 10.7 Å². The van der Waals surface area contributed by atoms with Gasteiger partial charge in [0.1, 0.15) is 5.82 Å². The topological polar surface area (TPSA) is 72.2 Å². The van der Waals surface area contributed by atoms with Crippen LogP contribution in [0.5, 0.6) is 0 Å². The number of nitrogens with one attached hydrogen (secondary N) is 1. The van der Waals surface area contributed by atoms with E-state index in [4.69, 9.17) is 0 Å². The highest BCUT2D eigenvalue weighted by Crippen LogP contribution is 2.65. The Balaban J connectivity index is 1.50. The molecule has 0 aliphatic heterocycles. The summed E-state index contributed by atoms with van der Waals surface area (Å²) < 4.78 is 14.1. The molecule has 5 nitrogen and oxygen atoms in total. The summed E-state index contributed by atoms with van der Waals surface area (Å²) in [5, 5.41) is 13.4. The third kappa shape index (κ3) is 3.18. The van der Waals surface area contributed by atoms with Gasteiger partial charge in [0.05, 0.1) is 10.6 Å². The molecule has 134 valence electrons. The number of hydrogen-bond acceptors (Lipinski definition) is 3. The standard InChI is InChI=1S/C18H20BrFN2O3/c19-18-7-11-3-12(8-18)6-17(5-11,10-18)9-16(23)21-15-4-13(22(24)25)1-2-14(15)20/h1-2,4,11-12H,3,5-10H2,(H,21,23). The van der Waals surface area contributed by atoms with Crippen molar-refractivity contribution in [1.82, 2.24) is 0 Å². The van der Waals surface area contributed by atoms with Gasteiger partial charge in [-0.3, -0.25) is 14.9 Å². The third-order valence-electron chi connectivity index (χ3n) is 6.08. The fourth-order valence-corrected chi connectivity index (χ4v) is 7.31. The molecule has 4 aliphatic rings. The van der Waals surface area contributed by atoms with Crippen molar-refractivity contribution in [2.24, 2.45) is 17.3 Å². The first kappa shape index (κ1) is 16.9. The van der Waals surface area contributed by atoms with Crippen molar-refractivity contribution in [2.45, 2.75) is 49.3 Å². The number of non-ortho nitro benzene ring substituents is 1. The van der Waals surface area contributed by atoms with Gasteiger partial charge < -0.3 is 5.32 Å². The van der Waals surface area contributed by atoms with Crippen LogP contribution in [0.3, 0.4) is 0 Å². The zero-order valence-electron chi connectivity index (χ0n) is 13.8. The number of hydrogen-bond donors (Lipinski definition) is 1. The van der Waals surface area contributed by atoms with Gasteiger partial charge in [0.2, 0.25) is 5.91 Å². The molecule has 7 heteroatoms. The van der Waals surface area contributed by atoms with Gasteiger partial charge >= 0.3 is 0 Å². The number of nitro benzene ring substituents is 1. The summed E-state index contributed by atoms with van der Waals surface area (Å²) in [6, 6.07) is 3.20. The number of halogens is 2. The Labute approximate surface area is 153 Å². The fraction of sp³-hybridized carbons (Fsp3) is 0.611. The second-order valence-electron chi connectivity index (χ2n) is 8.26. The Morgan fingerprint density at radius 1 is 1.32 bits per heavy atom. The van der Waals surface area contributed by atoms with Crippen LogP contribution in [0.1, 0.15) is 44.9 Å². The lowest BCUT2D eigenvalue weighted by Crippen LogP contribution is -2.53. The molecule has 1 amide bonds. The summed E-state index contributed by atoms with van der Waals surface area (Å²) in [6.45, 7) is 0. The number of rotatable bonds is 4. The van der Waals surface area contributed by atoms with Crippen molar-refractivity contribution in [3.63, 3.8) is 0 Å². The van der Waals surface area contributed by atoms with E-state index >= 15 is 0 Å². The smallest absolute Gasteiger partial charge is 0.271 e. The Kier molecular flexibility index (Phi) is 3.90. The maximum atomic E-state index is 13.9. The maximum Gasteiger partial charge on any atom is 0.271 e. The number of carbonyl (C=O) groups excluding carboxylic acids is 1. The molecule has 2 unspecified atom stereocenters. The van der Waals surface area contributed by atoms with Crippen LogP contribution in [0.2, 0.25) is 0 Å². The predicted octanol–water partition coefficient (Wildman–Crippen LogP) is 4.80. The molecule has 1 aromatic carbocycles. The van der Waals surface area contributed by atoms with Crippen LogP contribution < -0.4 is 5.32 Å². The van der Waals surface area contributed by atoms with E-state index in [1.165, 1.54) is 19.3 Å². The zero-order chi connectivity index (χ0) is 17.8. The van der Waals surface area contributed by atoms with Crippen LogP contribution >= 0.6 is 15.9 Å². The molecular weight excluding hydrogens is 391 g/mol. The van der Waals surface area contributed by atoms with Crippen LogP contribution in [0.15, 0.2) is 18.2 Å². The van der Waals surface area contributed by atoms with Crippen molar-refractivity contribution >= 4 is 33.2 Å². The molecule has 0 aromatic heterocycles. The summed E-state index contributed by atoms with van der Waals surface area (Å²) in [7, 11) is 0. The van der Waals surface area contributed by atoms with Crippen LogP contribution in [-0.2, 0) is 4.79 Å². The van der Waals surface area contributed by atoms with Crippen molar-refractivity contribution < 1.29 is 14.1 Å². The third-order valence-corrected chi connectivity index (χ3v) is 7.01. The summed E-state index contributed by atoms with van der Waals surface area (Å²) in [4.78, 5) is 22.8. The van der Waals surface area contributed by atoms with Gasteiger partial charge in [-0.15, -0.1) is 0 Å². The second-order valence-corrected chi connectivity index (χ2v) is 9.94. The van der Waals surface area contributed by atoms with Crippen molar-refractivity contribution in [2.75, 3.05) is 5.32 Å². The number of nitro groups is 1. The van der Waals surface area contributed by atoms with E-state index in [0.717, 1.165) is 37.5 Å². The minimum Gasteiger partial charge on any atom is -0.323 e. The van der Waals surface area contributed by atoms with E-state index in [-0.39, 0.29) is 27.0 Å². The first-order valence-corrected chi connectivity index (χ1v) is 9.48. The summed E-state index contributed by atoms with van der Waals surface area (Å²) >= 11 is 3.92. The second kappa shape index (κ2) is 5.76. The number of alkyl halides is 1. The largest absolute Gasteiger partial charge is 0.323 e. The van der Waals surface area contributed by atoms with Crippen LogP contribution in [0, 0.1) is 33.2 Å². The average molecular weight is 411 g/mol. The predicted molar refractivity (Wildman–Crippen MR) is 95.1 cm³/mol. The lowest BCUT2D eigenvalue weighted by Gasteiger charge is -2.60. The molecule has 1 N–H and O–H groups in total. The van der Waals surface area contributed by atoms with Crippen molar-refractivity contribution in [1.29, 1.82) is 0 Å². The fourth-order valence-electron chi connectivity index (χ4n) is 5.80. The minimum atomic E-state index is -0.651. The maximum absolute atomic E-state index is 13.9. The van der Waals surface area contributed by atoms with Crippen molar-refractivity contribution in [3.8, 4) is 0 Å². The summed E-state index contributed by atoms with van der Waals surface area (Å²) in [5.41, 5.74) is -0.363. The van der Waals surface area contributed by atoms with Gasteiger partial charge in [-0.1, -0.05) is 15.9 Å². The first-order valence-electron chi connectivity index (χ1n) is 8.69. The molecule has 2 atom stereocenters. The van der Waals surface area contributed by atoms with E-state index in [0.29, 0.717) is 18.3 Å². The SMILES string of the molecule is O=C(CC12CC3CC(CC(Br)(C3)C1)C2)Nc1cc([N+](=O)[O-])ccc1F. The molecule has 5 rings (SSSR count). The number of benzene rings is 1. The molecule has 0 spiro atoms. The highest BCUT2D eigenvalue weighted by Gasteiger charge is 2.57. The van der Waals surface area contributed by atoms with Crippen LogP contribution in [-0.4, -0.2) is 15.2 Å². The highest BCUT2D eigenvalue weighted by molar-refractivity contribution is 9.10. The van der Waals surface area contributed by atoms with Gasteiger partial charge in [0.25, 0.3) is 5.69 Å². The van der Waals surface area contributed by atoms with Crippen LogP contribution in [0.25, 0.3) is 0 Å².